The quantitative estimate of drug-likeness (QED) is 0.748. The number of benzene rings is 1. The fourth-order valence-electron chi connectivity index (χ4n) is 2.00. The first kappa shape index (κ1) is 17.5. The van der Waals surface area contributed by atoms with Gasteiger partial charge in [-0.2, -0.15) is 0 Å². The predicted molar refractivity (Wildman–Crippen MR) is 84.9 cm³/mol. The molecular formula is C17H27NO3. The predicted octanol–water partition coefficient (Wildman–Crippen LogP) is 3.04. The summed E-state index contributed by atoms with van der Waals surface area (Å²) in [5.41, 5.74) is 2.30. The number of rotatable bonds is 8. The van der Waals surface area contributed by atoms with Crippen LogP contribution in [-0.4, -0.2) is 31.8 Å². The molecule has 1 N–H and O–H groups in total. The third-order valence-electron chi connectivity index (χ3n) is 3.31. The summed E-state index contributed by atoms with van der Waals surface area (Å²) in [4.78, 5) is 11.8. The molecule has 0 saturated heterocycles. The van der Waals surface area contributed by atoms with Crippen molar-refractivity contribution in [3.05, 3.63) is 29.3 Å². The lowest BCUT2D eigenvalue weighted by molar-refractivity contribution is -0.146. The maximum Gasteiger partial charge on any atom is 0.326 e. The first-order valence-corrected chi connectivity index (χ1v) is 7.62. The van der Waals surface area contributed by atoms with E-state index < -0.39 is 6.04 Å². The van der Waals surface area contributed by atoms with E-state index >= 15 is 0 Å². The van der Waals surface area contributed by atoms with E-state index in [0.717, 1.165) is 11.3 Å². The van der Waals surface area contributed by atoms with E-state index in [9.17, 15) is 4.79 Å². The molecule has 0 amide bonds. The highest BCUT2D eigenvalue weighted by Crippen LogP contribution is 2.24. The highest BCUT2D eigenvalue weighted by atomic mass is 16.5. The fraction of sp³-hybridized carbons (Fsp3) is 0.588. The molecule has 1 rings (SSSR count). The van der Waals surface area contributed by atoms with Gasteiger partial charge in [-0.15, -0.1) is 0 Å². The number of hydrogen-bond acceptors (Lipinski definition) is 4. The van der Waals surface area contributed by atoms with Gasteiger partial charge in [-0.25, -0.2) is 0 Å². The van der Waals surface area contributed by atoms with Crippen LogP contribution in [0.1, 0.15) is 44.7 Å². The molecule has 0 spiro atoms. The zero-order valence-electron chi connectivity index (χ0n) is 13.7. The maximum atomic E-state index is 11.8. The van der Waals surface area contributed by atoms with Crippen LogP contribution in [0.3, 0.4) is 0 Å². The molecule has 0 heterocycles. The zero-order valence-corrected chi connectivity index (χ0v) is 13.7. The minimum absolute atomic E-state index is 0.267. The van der Waals surface area contributed by atoms with Crippen molar-refractivity contribution in [1.29, 1.82) is 0 Å². The summed E-state index contributed by atoms with van der Waals surface area (Å²) in [6, 6.07) is 5.78. The van der Waals surface area contributed by atoms with Crippen LogP contribution < -0.4 is 10.1 Å². The second-order valence-corrected chi connectivity index (χ2v) is 5.35. The lowest BCUT2D eigenvalue weighted by Gasteiger charge is -2.18. The molecule has 1 unspecified atom stereocenters. The Morgan fingerprint density at radius 1 is 1.29 bits per heavy atom. The van der Waals surface area contributed by atoms with Gasteiger partial charge in [0.05, 0.1) is 6.61 Å². The molecule has 1 atom stereocenters. The van der Waals surface area contributed by atoms with Gasteiger partial charge in [-0.05, 0) is 43.5 Å². The van der Waals surface area contributed by atoms with E-state index in [1.54, 1.807) is 6.92 Å². The third-order valence-corrected chi connectivity index (χ3v) is 3.31. The molecule has 4 nitrogen and oxygen atoms in total. The SMILES string of the molecule is CCNC(COc1cc(C(C)C)ccc1C)C(=O)OCC. The van der Waals surface area contributed by atoms with Crippen LogP contribution in [-0.2, 0) is 9.53 Å². The number of carbonyl (C=O) groups is 1. The second-order valence-electron chi connectivity index (χ2n) is 5.35. The van der Waals surface area contributed by atoms with Crippen molar-refractivity contribution in [2.45, 2.75) is 46.6 Å². The topological polar surface area (TPSA) is 47.6 Å². The summed E-state index contributed by atoms with van der Waals surface area (Å²) in [7, 11) is 0. The normalized spacial score (nSPS) is 12.3. The van der Waals surface area contributed by atoms with E-state index in [0.29, 0.717) is 19.1 Å². The highest BCUT2D eigenvalue weighted by Gasteiger charge is 2.19. The second kappa shape index (κ2) is 8.67. The highest BCUT2D eigenvalue weighted by molar-refractivity contribution is 5.76. The zero-order chi connectivity index (χ0) is 15.8. The van der Waals surface area contributed by atoms with Crippen molar-refractivity contribution in [3.8, 4) is 5.75 Å². The Morgan fingerprint density at radius 2 is 2.00 bits per heavy atom. The number of likely N-dealkylation sites (N-methyl/N-ethyl adjacent to an activating group) is 1. The van der Waals surface area contributed by atoms with E-state index in [1.165, 1.54) is 5.56 Å². The van der Waals surface area contributed by atoms with Crippen molar-refractivity contribution < 1.29 is 14.3 Å². The van der Waals surface area contributed by atoms with Crippen LogP contribution >= 0.6 is 0 Å². The number of carbonyl (C=O) groups excluding carboxylic acids is 1. The van der Waals surface area contributed by atoms with Gasteiger partial charge in [0, 0.05) is 0 Å². The summed E-state index contributed by atoms with van der Waals surface area (Å²) >= 11 is 0. The number of esters is 1. The average molecular weight is 293 g/mol. The van der Waals surface area contributed by atoms with Crippen molar-refractivity contribution in [2.24, 2.45) is 0 Å². The Bertz CT molecular complexity index is 457. The Hall–Kier alpha value is -1.55. The summed E-state index contributed by atoms with van der Waals surface area (Å²) in [5, 5.41) is 3.09. The van der Waals surface area contributed by atoms with Crippen LogP contribution in [0.4, 0.5) is 0 Å². The number of aryl methyl sites for hydroxylation is 1. The van der Waals surface area contributed by atoms with E-state index in [-0.39, 0.29) is 12.6 Å². The smallest absolute Gasteiger partial charge is 0.326 e. The van der Waals surface area contributed by atoms with Gasteiger partial charge < -0.3 is 14.8 Å². The van der Waals surface area contributed by atoms with Gasteiger partial charge >= 0.3 is 5.97 Å². The number of ether oxygens (including phenoxy) is 2. The Kier molecular flexibility index (Phi) is 7.23. The first-order valence-electron chi connectivity index (χ1n) is 7.62. The van der Waals surface area contributed by atoms with Gasteiger partial charge in [0.15, 0.2) is 0 Å². The molecule has 0 aromatic heterocycles. The molecular weight excluding hydrogens is 266 g/mol. The average Bonchev–Trinajstić information content (AvgIpc) is 2.44. The van der Waals surface area contributed by atoms with Crippen molar-refractivity contribution >= 4 is 5.97 Å². The summed E-state index contributed by atoms with van der Waals surface area (Å²) in [6.07, 6.45) is 0. The molecule has 0 aliphatic rings. The van der Waals surface area contributed by atoms with E-state index in [4.69, 9.17) is 9.47 Å². The van der Waals surface area contributed by atoms with E-state index in [1.807, 2.05) is 19.9 Å². The van der Waals surface area contributed by atoms with Crippen molar-refractivity contribution in [1.82, 2.24) is 5.32 Å². The Balaban J connectivity index is 2.75. The van der Waals surface area contributed by atoms with Gasteiger partial charge in [-0.1, -0.05) is 32.9 Å². The number of nitrogens with one attached hydrogen (secondary N) is 1. The standard InChI is InChI=1S/C17H27NO3/c1-6-18-15(17(19)20-7-2)11-21-16-10-14(12(3)4)9-8-13(16)5/h8-10,12,15,18H,6-7,11H2,1-5H3. The van der Waals surface area contributed by atoms with Gasteiger partial charge in [0.2, 0.25) is 0 Å². The molecule has 21 heavy (non-hydrogen) atoms. The molecule has 0 aliphatic carbocycles. The van der Waals surface area contributed by atoms with Crippen LogP contribution in [0.2, 0.25) is 0 Å². The molecule has 118 valence electrons. The molecule has 1 aromatic rings. The fourth-order valence-corrected chi connectivity index (χ4v) is 2.00. The number of hydrogen-bond donors (Lipinski definition) is 1. The van der Waals surface area contributed by atoms with Crippen LogP contribution in [0.5, 0.6) is 5.75 Å². The molecule has 0 fully saturated rings. The van der Waals surface area contributed by atoms with Crippen LogP contribution in [0.15, 0.2) is 18.2 Å². The van der Waals surface area contributed by atoms with Crippen LogP contribution in [0.25, 0.3) is 0 Å². The Labute approximate surface area is 127 Å². The lowest BCUT2D eigenvalue weighted by atomic mass is 10.0. The molecule has 4 heteroatoms. The monoisotopic (exact) mass is 293 g/mol. The lowest BCUT2D eigenvalue weighted by Crippen LogP contribution is -2.42. The Morgan fingerprint density at radius 3 is 2.57 bits per heavy atom. The first-order chi connectivity index (χ1) is 9.99. The maximum absolute atomic E-state index is 11.8. The third kappa shape index (κ3) is 5.38. The van der Waals surface area contributed by atoms with Gasteiger partial charge in [0.1, 0.15) is 18.4 Å². The summed E-state index contributed by atoms with van der Waals surface area (Å²) in [5.74, 6) is 1.01. The van der Waals surface area contributed by atoms with Crippen LogP contribution in [0, 0.1) is 6.92 Å². The van der Waals surface area contributed by atoms with E-state index in [2.05, 4.69) is 31.3 Å². The van der Waals surface area contributed by atoms with Crippen molar-refractivity contribution in [3.63, 3.8) is 0 Å². The van der Waals surface area contributed by atoms with Crippen molar-refractivity contribution in [2.75, 3.05) is 19.8 Å². The van der Waals surface area contributed by atoms with Gasteiger partial charge in [0.25, 0.3) is 0 Å². The molecule has 0 aliphatic heterocycles. The minimum atomic E-state index is -0.433. The minimum Gasteiger partial charge on any atom is -0.491 e. The molecule has 0 bridgehead atoms. The summed E-state index contributed by atoms with van der Waals surface area (Å²) in [6.45, 7) is 11.4. The molecule has 0 radical (unpaired) electrons. The molecule has 0 saturated carbocycles. The van der Waals surface area contributed by atoms with Gasteiger partial charge in [-0.3, -0.25) is 4.79 Å². The molecule has 1 aromatic carbocycles. The summed E-state index contributed by atoms with van der Waals surface area (Å²) < 4.78 is 10.9. The largest absolute Gasteiger partial charge is 0.491 e.